The first-order valence-corrected chi connectivity index (χ1v) is 5.10. The predicted molar refractivity (Wildman–Crippen MR) is 55.6 cm³/mol. The van der Waals surface area contributed by atoms with E-state index in [1.54, 1.807) is 0 Å². The van der Waals surface area contributed by atoms with Crippen molar-refractivity contribution in [3.63, 3.8) is 0 Å². The molecule has 0 N–H and O–H groups in total. The standard InChI is InChI=1S/C10H9BrF2O2/c1-5(11)10(14)9-7(12)3-6(15-2)4-8(9)13/h3-5H,1-2H3. The third-order valence-electron chi connectivity index (χ3n) is 1.86. The number of hydrogen-bond acceptors (Lipinski definition) is 2. The minimum Gasteiger partial charge on any atom is -0.497 e. The van der Waals surface area contributed by atoms with E-state index in [2.05, 4.69) is 20.7 Å². The number of hydrogen-bond donors (Lipinski definition) is 0. The van der Waals surface area contributed by atoms with Crippen LogP contribution >= 0.6 is 15.9 Å². The lowest BCUT2D eigenvalue weighted by atomic mass is 10.1. The number of rotatable bonds is 3. The maximum Gasteiger partial charge on any atom is 0.182 e. The highest BCUT2D eigenvalue weighted by Crippen LogP contribution is 2.22. The van der Waals surface area contributed by atoms with Crippen molar-refractivity contribution in [2.75, 3.05) is 7.11 Å². The molecule has 0 aliphatic carbocycles. The third kappa shape index (κ3) is 2.53. The van der Waals surface area contributed by atoms with E-state index in [1.165, 1.54) is 14.0 Å². The van der Waals surface area contributed by atoms with Crippen LogP contribution in [0.2, 0.25) is 0 Å². The van der Waals surface area contributed by atoms with Gasteiger partial charge in [-0.3, -0.25) is 4.79 Å². The fourth-order valence-electron chi connectivity index (χ4n) is 1.10. The van der Waals surface area contributed by atoms with Gasteiger partial charge >= 0.3 is 0 Å². The van der Waals surface area contributed by atoms with E-state index in [1.807, 2.05) is 0 Å². The Bertz CT molecular complexity index is 368. The molecule has 0 aliphatic heterocycles. The van der Waals surface area contributed by atoms with Gasteiger partial charge in [0, 0.05) is 12.1 Å². The summed E-state index contributed by atoms with van der Waals surface area (Å²) in [6.45, 7) is 1.51. The number of carbonyl (C=O) groups is 1. The fraction of sp³-hybridized carbons (Fsp3) is 0.300. The molecule has 0 saturated carbocycles. The summed E-state index contributed by atoms with van der Waals surface area (Å²) in [7, 11) is 1.29. The van der Waals surface area contributed by atoms with Gasteiger partial charge in [-0.1, -0.05) is 15.9 Å². The quantitative estimate of drug-likeness (QED) is 0.628. The number of alkyl halides is 1. The Labute approximate surface area is 94.4 Å². The number of methoxy groups -OCH3 is 1. The molecule has 2 nitrogen and oxygen atoms in total. The van der Waals surface area contributed by atoms with Crippen LogP contribution in [-0.2, 0) is 0 Å². The first kappa shape index (κ1) is 12.1. The number of ketones is 1. The van der Waals surface area contributed by atoms with Gasteiger partial charge < -0.3 is 4.74 Å². The number of Topliss-reactive ketones (excluding diaryl/α,β-unsaturated/α-hetero) is 1. The zero-order valence-electron chi connectivity index (χ0n) is 8.18. The van der Waals surface area contributed by atoms with Gasteiger partial charge in [-0.2, -0.15) is 0 Å². The molecule has 0 saturated heterocycles. The average molecular weight is 279 g/mol. The summed E-state index contributed by atoms with van der Waals surface area (Å²) in [6.07, 6.45) is 0. The summed E-state index contributed by atoms with van der Waals surface area (Å²) < 4.78 is 31.4. The molecule has 0 bridgehead atoms. The van der Waals surface area contributed by atoms with Crippen LogP contribution in [0, 0.1) is 11.6 Å². The molecule has 0 radical (unpaired) electrons. The maximum atomic E-state index is 13.3. The molecule has 0 spiro atoms. The molecule has 0 aliphatic rings. The molecule has 1 unspecified atom stereocenters. The SMILES string of the molecule is COc1cc(F)c(C(=O)C(C)Br)c(F)c1. The fourth-order valence-corrected chi connectivity index (χ4v) is 1.33. The van der Waals surface area contributed by atoms with Gasteiger partial charge in [-0.05, 0) is 6.92 Å². The molecule has 1 rings (SSSR count). The molecule has 0 amide bonds. The van der Waals surface area contributed by atoms with Gasteiger partial charge in [0.25, 0.3) is 0 Å². The van der Waals surface area contributed by atoms with Crippen molar-refractivity contribution in [2.24, 2.45) is 0 Å². The van der Waals surface area contributed by atoms with Crippen LogP contribution in [-0.4, -0.2) is 17.7 Å². The normalized spacial score (nSPS) is 12.3. The van der Waals surface area contributed by atoms with Crippen LogP contribution in [0.5, 0.6) is 5.75 Å². The lowest BCUT2D eigenvalue weighted by molar-refractivity contribution is 0.0987. The van der Waals surface area contributed by atoms with Crippen molar-refractivity contribution in [2.45, 2.75) is 11.8 Å². The molecule has 0 heterocycles. The first-order valence-electron chi connectivity index (χ1n) is 4.18. The third-order valence-corrected chi connectivity index (χ3v) is 2.27. The smallest absolute Gasteiger partial charge is 0.182 e. The highest BCUT2D eigenvalue weighted by Gasteiger charge is 2.22. The van der Waals surface area contributed by atoms with Gasteiger partial charge in [-0.25, -0.2) is 8.78 Å². The lowest BCUT2D eigenvalue weighted by Gasteiger charge is -2.07. The number of ether oxygens (including phenoxy) is 1. The van der Waals surface area contributed by atoms with Crippen LogP contribution in [0.3, 0.4) is 0 Å². The van der Waals surface area contributed by atoms with Crippen molar-refractivity contribution in [1.29, 1.82) is 0 Å². The molecule has 5 heteroatoms. The molecular weight excluding hydrogens is 270 g/mol. The van der Waals surface area contributed by atoms with Gasteiger partial charge in [0.2, 0.25) is 0 Å². The van der Waals surface area contributed by atoms with Gasteiger partial charge in [0.1, 0.15) is 17.4 Å². The Hall–Kier alpha value is -0.970. The van der Waals surface area contributed by atoms with Crippen LogP contribution in [0.15, 0.2) is 12.1 Å². The number of benzene rings is 1. The predicted octanol–water partition coefficient (Wildman–Crippen LogP) is 2.94. The highest BCUT2D eigenvalue weighted by molar-refractivity contribution is 9.10. The zero-order chi connectivity index (χ0) is 11.6. The minimum absolute atomic E-state index is 0.0452. The molecule has 1 aromatic carbocycles. The van der Waals surface area contributed by atoms with E-state index in [9.17, 15) is 13.6 Å². The Morgan fingerprint density at radius 3 is 2.20 bits per heavy atom. The highest BCUT2D eigenvalue weighted by atomic mass is 79.9. The summed E-state index contributed by atoms with van der Waals surface area (Å²) in [4.78, 5) is 10.8. The number of carbonyl (C=O) groups excluding carboxylic acids is 1. The maximum absolute atomic E-state index is 13.3. The Balaban J connectivity index is 3.25. The Kier molecular flexibility index (Phi) is 3.79. The molecule has 0 aromatic heterocycles. The molecule has 1 atom stereocenters. The van der Waals surface area contributed by atoms with E-state index < -0.39 is 27.8 Å². The molecule has 0 fully saturated rings. The topological polar surface area (TPSA) is 26.3 Å². The lowest BCUT2D eigenvalue weighted by Crippen LogP contribution is -2.14. The molecular formula is C10H9BrF2O2. The van der Waals surface area contributed by atoms with Crippen LogP contribution in [0.25, 0.3) is 0 Å². The van der Waals surface area contributed by atoms with E-state index in [4.69, 9.17) is 0 Å². The van der Waals surface area contributed by atoms with E-state index in [-0.39, 0.29) is 5.75 Å². The monoisotopic (exact) mass is 278 g/mol. The second-order valence-corrected chi connectivity index (χ2v) is 4.32. The summed E-state index contributed by atoms with van der Waals surface area (Å²) in [5.74, 6) is -2.41. The van der Waals surface area contributed by atoms with Crippen molar-refractivity contribution < 1.29 is 18.3 Å². The summed E-state index contributed by atoms with van der Waals surface area (Å²) in [5, 5.41) is 0. The van der Waals surface area contributed by atoms with Crippen molar-refractivity contribution in [3.8, 4) is 5.75 Å². The van der Waals surface area contributed by atoms with E-state index >= 15 is 0 Å². The Morgan fingerprint density at radius 2 is 1.87 bits per heavy atom. The summed E-state index contributed by atoms with van der Waals surface area (Å²) in [6, 6.07) is 1.96. The van der Waals surface area contributed by atoms with E-state index in [0.29, 0.717) is 0 Å². The second-order valence-electron chi connectivity index (χ2n) is 2.95. The second kappa shape index (κ2) is 4.70. The van der Waals surface area contributed by atoms with Crippen LogP contribution in [0.4, 0.5) is 8.78 Å². The van der Waals surface area contributed by atoms with Crippen molar-refractivity contribution >= 4 is 21.7 Å². The molecule has 15 heavy (non-hydrogen) atoms. The first-order chi connectivity index (χ1) is 6.97. The number of halogens is 3. The van der Waals surface area contributed by atoms with Crippen LogP contribution in [0.1, 0.15) is 17.3 Å². The molecule has 1 aromatic rings. The van der Waals surface area contributed by atoms with Gasteiger partial charge in [-0.15, -0.1) is 0 Å². The Morgan fingerprint density at radius 1 is 1.40 bits per heavy atom. The molecule has 82 valence electrons. The summed E-state index contributed by atoms with van der Waals surface area (Å²) >= 11 is 2.97. The largest absolute Gasteiger partial charge is 0.497 e. The van der Waals surface area contributed by atoms with Crippen molar-refractivity contribution in [1.82, 2.24) is 0 Å². The minimum atomic E-state index is -0.914. The van der Waals surface area contributed by atoms with Gasteiger partial charge in [0.15, 0.2) is 5.78 Å². The van der Waals surface area contributed by atoms with Crippen molar-refractivity contribution in [3.05, 3.63) is 29.3 Å². The zero-order valence-corrected chi connectivity index (χ0v) is 9.77. The summed E-state index contributed by atoms with van der Waals surface area (Å²) in [5.41, 5.74) is -0.542. The average Bonchev–Trinajstić information content (AvgIpc) is 2.16. The van der Waals surface area contributed by atoms with Crippen LogP contribution < -0.4 is 4.74 Å². The van der Waals surface area contributed by atoms with E-state index in [0.717, 1.165) is 12.1 Å². The van der Waals surface area contributed by atoms with Gasteiger partial charge in [0.05, 0.1) is 17.5 Å².